The fraction of sp³-hybridized carbons (Fsp3) is 0.176. The Bertz CT molecular complexity index is 864. The van der Waals surface area contributed by atoms with Crippen molar-refractivity contribution >= 4 is 11.7 Å². The van der Waals surface area contributed by atoms with Crippen molar-refractivity contribution in [1.82, 2.24) is 19.7 Å². The number of hydrogen-bond acceptors (Lipinski definition) is 6. The zero-order valence-corrected chi connectivity index (χ0v) is 13.8. The van der Waals surface area contributed by atoms with Gasteiger partial charge in [0.25, 0.3) is 0 Å². The van der Waals surface area contributed by atoms with Crippen LogP contribution >= 0.6 is 0 Å². The van der Waals surface area contributed by atoms with Crippen LogP contribution in [0.25, 0.3) is 5.82 Å². The maximum Gasteiger partial charge on any atom is 0.229 e. The molecule has 0 unspecified atom stereocenters. The van der Waals surface area contributed by atoms with Gasteiger partial charge in [0.2, 0.25) is 5.91 Å². The Hall–Kier alpha value is -3.42. The van der Waals surface area contributed by atoms with Gasteiger partial charge in [0, 0.05) is 18.5 Å². The second kappa shape index (κ2) is 7.43. The Morgan fingerprint density at radius 1 is 1.16 bits per heavy atom. The maximum absolute atomic E-state index is 12.3. The molecular weight excluding hydrogens is 322 g/mol. The predicted octanol–water partition coefficient (Wildman–Crippen LogP) is 1.86. The van der Waals surface area contributed by atoms with Crippen molar-refractivity contribution in [1.29, 1.82) is 0 Å². The standard InChI is InChI=1S/C17H17N5O3/c1-24-13-5-4-12(8-14(13)25-2)9-17(23)21-15-10-16(19-11-18-15)22-7-3-6-20-22/h3-8,10-11H,9H2,1-2H3,(H,18,19,21,23). The topological polar surface area (TPSA) is 91.2 Å². The van der Waals surface area contributed by atoms with Crippen LogP contribution in [0.15, 0.2) is 49.1 Å². The fourth-order valence-electron chi connectivity index (χ4n) is 2.31. The van der Waals surface area contributed by atoms with Crippen LogP contribution in [-0.4, -0.2) is 39.9 Å². The molecule has 0 saturated heterocycles. The molecular formula is C17H17N5O3. The van der Waals surface area contributed by atoms with Gasteiger partial charge in [0.05, 0.1) is 20.6 Å². The van der Waals surface area contributed by atoms with E-state index in [4.69, 9.17) is 9.47 Å². The van der Waals surface area contributed by atoms with Crippen LogP contribution in [0.3, 0.4) is 0 Å². The number of hydrogen-bond donors (Lipinski definition) is 1. The van der Waals surface area contributed by atoms with Crippen LogP contribution in [0.2, 0.25) is 0 Å². The van der Waals surface area contributed by atoms with Crippen molar-refractivity contribution < 1.29 is 14.3 Å². The van der Waals surface area contributed by atoms with Crippen molar-refractivity contribution in [3.8, 4) is 17.3 Å². The number of ether oxygens (including phenoxy) is 2. The second-order valence-corrected chi connectivity index (χ2v) is 5.13. The SMILES string of the molecule is COc1ccc(CC(=O)Nc2cc(-n3cccn3)ncn2)cc1OC. The van der Waals surface area contributed by atoms with Crippen LogP contribution in [0.5, 0.6) is 11.5 Å². The molecule has 8 nitrogen and oxygen atoms in total. The molecule has 0 bridgehead atoms. The lowest BCUT2D eigenvalue weighted by molar-refractivity contribution is -0.115. The summed E-state index contributed by atoms with van der Waals surface area (Å²) in [6.07, 6.45) is 4.97. The van der Waals surface area contributed by atoms with Gasteiger partial charge < -0.3 is 14.8 Å². The smallest absolute Gasteiger partial charge is 0.229 e. The molecule has 2 aromatic heterocycles. The quantitative estimate of drug-likeness (QED) is 0.737. The van der Waals surface area contributed by atoms with Gasteiger partial charge in [-0.3, -0.25) is 4.79 Å². The third-order valence-corrected chi connectivity index (χ3v) is 3.47. The maximum atomic E-state index is 12.3. The van der Waals surface area contributed by atoms with E-state index in [1.807, 2.05) is 6.07 Å². The van der Waals surface area contributed by atoms with Crippen LogP contribution < -0.4 is 14.8 Å². The minimum absolute atomic E-state index is 0.182. The third-order valence-electron chi connectivity index (χ3n) is 3.47. The van der Waals surface area contributed by atoms with E-state index in [-0.39, 0.29) is 12.3 Å². The summed E-state index contributed by atoms with van der Waals surface area (Å²) >= 11 is 0. The number of carbonyl (C=O) groups excluding carboxylic acids is 1. The summed E-state index contributed by atoms with van der Waals surface area (Å²) in [6, 6.07) is 8.79. The number of methoxy groups -OCH3 is 2. The highest BCUT2D eigenvalue weighted by Gasteiger charge is 2.10. The van der Waals surface area contributed by atoms with Crippen molar-refractivity contribution in [2.45, 2.75) is 6.42 Å². The normalized spacial score (nSPS) is 10.3. The van der Waals surface area contributed by atoms with E-state index >= 15 is 0 Å². The number of amides is 1. The molecule has 0 saturated carbocycles. The first-order valence-electron chi connectivity index (χ1n) is 7.52. The zero-order valence-electron chi connectivity index (χ0n) is 13.8. The molecule has 3 aromatic rings. The van der Waals surface area contributed by atoms with E-state index in [1.54, 1.807) is 55.6 Å². The van der Waals surface area contributed by atoms with Gasteiger partial charge >= 0.3 is 0 Å². The molecule has 25 heavy (non-hydrogen) atoms. The van der Waals surface area contributed by atoms with Crippen LogP contribution in [-0.2, 0) is 11.2 Å². The van der Waals surface area contributed by atoms with Gasteiger partial charge in [-0.05, 0) is 23.8 Å². The van der Waals surface area contributed by atoms with E-state index in [1.165, 1.54) is 6.33 Å². The van der Waals surface area contributed by atoms with Gasteiger partial charge in [-0.15, -0.1) is 0 Å². The Morgan fingerprint density at radius 2 is 2.00 bits per heavy atom. The largest absolute Gasteiger partial charge is 0.493 e. The van der Waals surface area contributed by atoms with Gasteiger partial charge in [-0.25, -0.2) is 14.6 Å². The number of aromatic nitrogens is 4. The zero-order chi connectivity index (χ0) is 17.6. The van der Waals surface area contributed by atoms with E-state index in [2.05, 4.69) is 20.4 Å². The van der Waals surface area contributed by atoms with Crippen molar-refractivity contribution in [3.05, 3.63) is 54.6 Å². The number of carbonyl (C=O) groups is 1. The van der Waals surface area contributed by atoms with Crippen LogP contribution in [0.4, 0.5) is 5.82 Å². The van der Waals surface area contributed by atoms with Gasteiger partial charge in [-0.2, -0.15) is 5.10 Å². The van der Waals surface area contributed by atoms with E-state index in [0.29, 0.717) is 23.1 Å². The molecule has 1 N–H and O–H groups in total. The van der Waals surface area contributed by atoms with Crippen molar-refractivity contribution in [2.24, 2.45) is 0 Å². The fourth-order valence-corrected chi connectivity index (χ4v) is 2.31. The molecule has 0 aliphatic carbocycles. The lowest BCUT2D eigenvalue weighted by Gasteiger charge is -2.10. The predicted molar refractivity (Wildman–Crippen MR) is 91.0 cm³/mol. The first kappa shape index (κ1) is 16.4. The van der Waals surface area contributed by atoms with Gasteiger partial charge in [0.1, 0.15) is 12.1 Å². The molecule has 0 aliphatic rings. The summed E-state index contributed by atoms with van der Waals surface area (Å²) < 4.78 is 12.0. The Morgan fingerprint density at radius 3 is 2.72 bits per heavy atom. The highest BCUT2D eigenvalue weighted by atomic mass is 16.5. The Labute approximate surface area is 144 Å². The number of anilines is 1. The summed E-state index contributed by atoms with van der Waals surface area (Å²) in [5.41, 5.74) is 0.802. The molecule has 0 fully saturated rings. The molecule has 1 aromatic carbocycles. The Balaban J connectivity index is 1.70. The molecule has 3 rings (SSSR count). The monoisotopic (exact) mass is 339 g/mol. The molecule has 8 heteroatoms. The first-order chi connectivity index (χ1) is 12.2. The molecule has 0 atom stereocenters. The summed E-state index contributed by atoms with van der Waals surface area (Å²) in [7, 11) is 3.12. The minimum Gasteiger partial charge on any atom is -0.493 e. The van der Waals surface area contributed by atoms with Crippen LogP contribution in [0, 0.1) is 0 Å². The van der Waals surface area contributed by atoms with E-state index in [0.717, 1.165) is 5.56 Å². The van der Waals surface area contributed by atoms with Crippen LogP contribution in [0.1, 0.15) is 5.56 Å². The van der Waals surface area contributed by atoms with E-state index in [9.17, 15) is 4.79 Å². The van der Waals surface area contributed by atoms with Gasteiger partial charge in [-0.1, -0.05) is 6.07 Å². The lowest BCUT2D eigenvalue weighted by Crippen LogP contribution is -2.16. The lowest BCUT2D eigenvalue weighted by atomic mass is 10.1. The number of nitrogens with one attached hydrogen (secondary N) is 1. The van der Waals surface area contributed by atoms with Gasteiger partial charge in [0.15, 0.2) is 17.3 Å². The molecule has 2 heterocycles. The summed E-state index contributed by atoms with van der Waals surface area (Å²) in [5.74, 6) is 1.98. The molecule has 0 spiro atoms. The second-order valence-electron chi connectivity index (χ2n) is 5.13. The average molecular weight is 339 g/mol. The number of nitrogens with zero attached hydrogens (tertiary/aromatic N) is 4. The van der Waals surface area contributed by atoms with Crippen molar-refractivity contribution in [3.63, 3.8) is 0 Å². The molecule has 128 valence electrons. The molecule has 1 amide bonds. The number of rotatable bonds is 6. The Kier molecular flexibility index (Phi) is 4.89. The molecule has 0 aliphatic heterocycles. The summed E-state index contributed by atoms with van der Waals surface area (Å²) in [6.45, 7) is 0. The molecule has 0 radical (unpaired) electrons. The number of benzene rings is 1. The van der Waals surface area contributed by atoms with E-state index < -0.39 is 0 Å². The highest BCUT2D eigenvalue weighted by Crippen LogP contribution is 2.27. The summed E-state index contributed by atoms with van der Waals surface area (Å²) in [5, 5.41) is 6.85. The minimum atomic E-state index is -0.197. The third kappa shape index (κ3) is 3.92. The first-order valence-corrected chi connectivity index (χ1v) is 7.52. The summed E-state index contributed by atoms with van der Waals surface area (Å²) in [4.78, 5) is 20.5. The highest BCUT2D eigenvalue weighted by molar-refractivity contribution is 5.91. The average Bonchev–Trinajstić information content (AvgIpc) is 3.16. The van der Waals surface area contributed by atoms with Crippen molar-refractivity contribution in [2.75, 3.05) is 19.5 Å².